The molecule has 0 bridgehead atoms. The Hall–Kier alpha value is -0.940. The molecule has 0 aromatic heterocycles. The number of halogens is 1. The fourth-order valence-corrected chi connectivity index (χ4v) is 3.26. The molecule has 3 nitrogen and oxygen atoms in total. The van der Waals surface area contributed by atoms with Gasteiger partial charge in [-0.1, -0.05) is 19.1 Å². The Morgan fingerprint density at radius 3 is 2.31 bits per heavy atom. The first-order chi connectivity index (χ1) is 7.51. The lowest BCUT2D eigenvalue weighted by Crippen LogP contribution is -2.18. The molecule has 1 rings (SSSR count). The van der Waals surface area contributed by atoms with E-state index in [-0.39, 0.29) is 12.4 Å². The van der Waals surface area contributed by atoms with E-state index in [0.29, 0.717) is 12.0 Å². The van der Waals surface area contributed by atoms with E-state index in [9.17, 15) is 12.8 Å². The van der Waals surface area contributed by atoms with Gasteiger partial charge in [-0.3, -0.25) is 0 Å². The Morgan fingerprint density at radius 1 is 1.31 bits per heavy atom. The zero-order chi connectivity index (χ0) is 12.2. The van der Waals surface area contributed by atoms with Crippen LogP contribution in [0.2, 0.25) is 0 Å². The fourth-order valence-electron chi connectivity index (χ4n) is 1.64. The highest BCUT2D eigenvalue weighted by Gasteiger charge is 2.24. The summed E-state index contributed by atoms with van der Waals surface area (Å²) in [4.78, 5) is 0. The summed E-state index contributed by atoms with van der Waals surface area (Å²) >= 11 is 0. The minimum absolute atomic E-state index is 0.261. The van der Waals surface area contributed by atoms with Crippen molar-refractivity contribution in [1.82, 2.24) is 0 Å². The van der Waals surface area contributed by atoms with Crippen molar-refractivity contribution in [3.05, 3.63) is 35.6 Å². The van der Waals surface area contributed by atoms with Crippen LogP contribution in [0.1, 0.15) is 24.2 Å². The van der Waals surface area contributed by atoms with Crippen molar-refractivity contribution >= 4 is 9.84 Å². The van der Waals surface area contributed by atoms with E-state index in [4.69, 9.17) is 5.11 Å². The quantitative estimate of drug-likeness (QED) is 0.860. The average molecular weight is 246 g/mol. The smallest absolute Gasteiger partial charge is 0.159 e. The summed E-state index contributed by atoms with van der Waals surface area (Å²) in [6.45, 7) is 1.36. The van der Waals surface area contributed by atoms with E-state index in [1.54, 1.807) is 6.92 Å². The van der Waals surface area contributed by atoms with Crippen LogP contribution in [0.5, 0.6) is 0 Å². The third kappa shape index (κ3) is 3.02. The first kappa shape index (κ1) is 13.1. The van der Waals surface area contributed by atoms with Crippen molar-refractivity contribution < 1.29 is 17.9 Å². The molecule has 0 amide bonds. The van der Waals surface area contributed by atoms with Crippen molar-refractivity contribution in [3.8, 4) is 0 Å². The maximum atomic E-state index is 12.7. The maximum Gasteiger partial charge on any atom is 0.159 e. The summed E-state index contributed by atoms with van der Waals surface area (Å²) < 4.78 is 36.3. The van der Waals surface area contributed by atoms with Gasteiger partial charge in [0.05, 0.1) is 17.6 Å². The molecule has 0 fully saturated rings. The Kier molecular flexibility index (Phi) is 4.44. The molecule has 1 unspecified atom stereocenters. The third-order valence-electron chi connectivity index (χ3n) is 2.42. The highest BCUT2D eigenvalue weighted by atomic mass is 32.2. The topological polar surface area (TPSA) is 54.4 Å². The lowest BCUT2D eigenvalue weighted by Gasteiger charge is -2.15. The molecule has 0 aliphatic rings. The van der Waals surface area contributed by atoms with Crippen LogP contribution in [-0.4, -0.2) is 25.9 Å². The van der Waals surface area contributed by atoms with Gasteiger partial charge in [0, 0.05) is 0 Å². The highest BCUT2D eigenvalue weighted by molar-refractivity contribution is 7.91. The van der Waals surface area contributed by atoms with E-state index < -0.39 is 20.9 Å². The molecule has 1 atom stereocenters. The lowest BCUT2D eigenvalue weighted by molar-refractivity contribution is 0.319. The number of benzene rings is 1. The van der Waals surface area contributed by atoms with Crippen molar-refractivity contribution in [2.24, 2.45) is 0 Å². The SMILES string of the molecule is CCC(c1ccc(F)cc1)S(=O)(=O)CCO. The summed E-state index contributed by atoms with van der Waals surface area (Å²) in [6, 6.07) is 5.43. The first-order valence-electron chi connectivity index (χ1n) is 5.09. The largest absolute Gasteiger partial charge is 0.395 e. The first-order valence-corrected chi connectivity index (χ1v) is 6.80. The standard InChI is InChI=1S/C11H15FO3S/c1-2-11(16(14,15)8-7-13)9-3-5-10(12)6-4-9/h3-6,11,13H,2,7-8H2,1H3. The molecule has 1 N–H and O–H groups in total. The average Bonchev–Trinajstić information content (AvgIpc) is 2.21. The zero-order valence-electron chi connectivity index (χ0n) is 9.06. The Balaban J connectivity index is 3.03. The number of aliphatic hydroxyl groups is 1. The minimum Gasteiger partial charge on any atom is -0.395 e. The summed E-state index contributed by atoms with van der Waals surface area (Å²) in [5.74, 6) is -0.652. The zero-order valence-corrected chi connectivity index (χ0v) is 9.87. The second-order valence-corrected chi connectivity index (χ2v) is 5.84. The van der Waals surface area contributed by atoms with Crippen molar-refractivity contribution in [2.75, 3.05) is 12.4 Å². The number of hydrogen-bond donors (Lipinski definition) is 1. The fraction of sp³-hybridized carbons (Fsp3) is 0.455. The summed E-state index contributed by atoms with van der Waals surface area (Å²) in [7, 11) is -3.36. The predicted octanol–water partition coefficient (Wildman–Crippen LogP) is 1.68. The van der Waals surface area contributed by atoms with Gasteiger partial charge in [0.15, 0.2) is 9.84 Å². The van der Waals surface area contributed by atoms with E-state index in [1.165, 1.54) is 24.3 Å². The molecule has 5 heteroatoms. The van der Waals surface area contributed by atoms with Gasteiger partial charge < -0.3 is 5.11 Å². The summed E-state index contributed by atoms with van der Waals surface area (Å²) in [5, 5.41) is 8.03. The molecule has 1 aromatic carbocycles. The number of hydrogen-bond acceptors (Lipinski definition) is 3. The van der Waals surface area contributed by atoms with E-state index >= 15 is 0 Å². The normalized spacial score (nSPS) is 13.7. The maximum absolute atomic E-state index is 12.7. The molecular formula is C11H15FO3S. The van der Waals surface area contributed by atoms with Crippen LogP contribution in [0, 0.1) is 5.82 Å². The van der Waals surface area contributed by atoms with Gasteiger partial charge in [-0.2, -0.15) is 0 Å². The van der Waals surface area contributed by atoms with Crippen LogP contribution in [0.15, 0.2) is 24.3 Å². The lowest BCUT2D eigenvalue weighted by atomic mass is 10.1. The van der Waals surface area contributed by atoms with E-state index in [2.05, 4.69) is 0 Å². The molecule has 0 saturated heterocycles. The van der Waals surface area contributed by atoms with Crippen molar-refractivity contribution in [3.63, 3.8) is 0 Å². The van der Waals surface area contributed by atoms with Crippen LogP contribution < -0.4 is 0 Å². The second-order valence-electron chi connectivity index (χ2n) is 3.54. The van der Waals surface area contributed by atoms with Crippen molar-refractivity contribution in [1.29, 1.82) is 0 Å². The third-order valence-corrected chi connectivity index (χ3v) is 4.65. The van der Waals surface area contributed by atoms with Crippen molar-refractivity contribution in [2.45, 2.75) is 18.6 Å². The molecule has 0 heterocycles. The van der Waals surface area contributed by atoms with Gasteiger partial charge in [0.2, 0.25) is 0 Å². The molecule has 0 radical (unpaired) electrons. The molecule has 0 saturated carbocycles. The minimum atomic E-state index is -3.36. The van der Waals surface area contributed by atoms with Crippen LogP contribution >= 0.6 is 0 Å². The van der Waals surface area contributed by atoms with Gasteiger partial charge in [0.25, 0.3) is 0 Å². The van der Waals surface area contributed by atoms with Crippen LogP contribution in [0.4, 0.5) is 4.39 Å². The van der Waals surface area contributed by atoms with Gasteiger partial charge in [-0.15, -0.1) is 0 Å². The molecule has 90 valence electrons. The number of sulfone groups is 1. The molecule has 16 heavy (non-hydrogen) atoms. The summed E-state index contributed by atoms with van der Waals surface area (Å²) in [6.07, 6.45) is 0.411. The molecule has 0 aliphatic heterocycles. The number of rotatable bonds is 5. The monoisotopic (exact) mass is 246 g/mol. The molecule has 1 aromatic rings. The van der Waals surface area contributed by atoms with Gasteiger partial charge in [-0.05, 0) is 24.1 Å². The van der Waals surface area contributed by atoms with Crippen LogP contribution in [0.25, 0.3) is 0 Å². The predicted molar refractivity (Wildman–Crippen MR) is 60.3 cm³/mol. The molecular weight excluding hydrogens is 231 g/mol. The van der Waals surface area contributed by atoms with Gasteiger partial charge >= 0.3 is 0 Å². The summed E-state index contributed by atoms with van der Waals surface area (Å²) in [5.41, 5.74) is 0.567. The van der Waals surface area contributed by atoms with Gasteiger partial charge in [-0.25, -0.2) is 12.8 Å². The van der Waals surface area contributed by atoms with Crippen LogP contribution in [0.3, 0.4) is 0 Å². The van der Waals surface area contributed by atoms with E-state index in [1.807, 2.05) is 0 Å². The molecule has 0 spiro atoms. The second kappa shape index (κ2) is 5.41. The highest BCUT2D eigenvalue weighted by Crippen LogP contribution is 2.26. The number of aliphatic hydroxyl groups excluding tert-OH is 1. The molecule has 0 aliphatic carbocycles. The van der Waals surface area contributed by atoms with E-state index in [0.717, 1.165) is 0 Å². The Bertz CT molecular complexity index is 425. The Labute approximate surface area is 94.8 Å². The van der Waals surface area contributed by atoms with Gasteiger partial charge in [0.1, 0.15) is 5.82 Å². The Morgan fingerprint density at radius 2 is 1.88 bits per heavy atom. The van der Waals surface area contributed by atoms with Crippen LogP contribution in [-0.2, 0) is 9.84 Å².